The highest BCUT2D eigenvalue weighted by Gasteiger charge is 2.32. The van der Waals surface area contributed by atoms with Crippen LogP contribution in [0.25, 0.3) is 6.08 Å². The van der Waals surface area contributed by atoms with Gasteiger partial charge in [0, 0.05) is 31.7 Å². The number of thioether (sulfide) groups is 1. The molecule has 2 rings (SSSR count). The second-order valence-corrected chi connectivity index (χ2v) is 8.43. The van der Waals surface area contributed by atoms with Gasteiger partial charge in [-0.3, -0.25) is 19.1 Å². The molecular weight excluding hydrogens is 404 g/mol. The fraction of sp³-hybridized carbons (Fsp3) is 0.524. The molecule has 156 valence electrons. The van der Waals surface area contributed by atoms with E-state index in [0.717, 1.165) is 24.2 Å². The van der Waals surface area contributed by atoms with Crippen LogP contribution in [0.15, 0.2) is 9.70 Å². The van der Waals surface area contributed by atoms with Crippen molar-refractivity contribution in [3.8, 4) is 6.07 Å². The van der Waals surface area contributed by atoms with E-state index in [4.69, 9.17) is 12.2 Å². The largest absolute Gasteiger partial charge is 0.358 e. The molecule has 1 aliphatic rings. The van der Waals surface area contributed by atoms with Gasteiger partial charge in [0.1, 0.15) is 21.8 Å². The summed E-state index contributed by atoms with van der Waals surface area (Å²) in [6.45, 7) is 12.3. The summed E-state index contributed by atoms with van der Waals surface area (Å²) in [5, 5.41) is 9.58. The van der Waals surface area contributed by atoms with Crippen molar-refractivity contribution in [3.63, 3.8) is 0 Å². The number of carbonyl (C=O) groups is 1. The number of aromatic nitrogens is 1. The van der Waals surface area contributed by atoms with E-state index in [2.05, 4.69) is 17.9 Å². The van der Waals surface area contributed by atoms with Crippen molar-refractivity contribution in [2.45, 2.75) is 54.0 Å². The molecule has 1 saturated heterocycles. The van der Waals surface area contributed by atoms with Gasteiger partial charge in [0.25, 0.3) is 11.5 Å². The van der Waals surface area contributed by atoms with Crippen LogP contribution in [0.3, 0.4) is 0 Å². The van der Waals surface area contributed by atoms with Crippen LogP contribution in [0.4, 0.5) is 5.82 Å². The molecule has 0 unspecified atom stereocenters. The minimum Gasteiger partial charge on any atom is -0.358 e. The fourth-order valence-corrected chi connectivity index (χ4v) is 4.73. The summed E-state index contributed by atoms with van der Waals surface area (Å²) in [5.74, 6) is 0.643. The smallest absolute Gasteiger partial charge is 0.270 e. The van der Waals surface area contributed by atoms with E-state index in [1.165, 1.54) is 11.8 Å². The first-order valence-electron chi connectivity index (χ1n) is 10.0. The van der Waals surface area contributed by atoms with Gasteiger partial charge in [0.05, 0.1) is 4.91 Å². The number of amides is 1. The molecule has 1 fully saturated rings. The van der Waals surface area contributed by atoms with Crippen molar-refractivity contribution in [2.75, 3.05) is 24.5 Å². The molecule has 0 bridgehead atoms. The standard InChI is InChI=1S/C21H28N4O2S2/c1-6-10-11-25-20(27)17(29-21(25)28)12-15-14(5)16(13-22)19(26)24(9-4)18(15)23(7-2)8-3/h12H,6-11H2,1-5H3/b17-12-. The first kappa shape index (κ1) is 23.2. The highest BCUT2D eigenvalue weighted by molar-refractivity contribution is 8.26. The Morgan fingerprint density at radius 3 is 2.38 bits per heavy atom. The third kappa shape index (κ3) is 4.41. The van der Waals surface area contributed by atoms with Gasteiger partial charge in [-0.1, -0.05) is 37.3 Å². The Morgan fingerprint density at radius 1 is 1.21 bits per heavy atom. The fourth-order valence-electron chi connectivity index (χ4n) is 3.44. The van der Waals surface area contributed by atoms with Crippen LogP contribution in [-0.2, 0) is 11.3 Å². The Hall–Kier alpha value is -2.11. The van der Waals surface area contributed by atoms with E-state index >= 15 is 0 Å². The molecular formula is C21H28N4O2S2. The lowest BCUT2D eigenvalue weighted by atomic mass is 10.0. The van der Waals surface area contributed by atoms with Crippen LogP contribution < -0.4 is 10.5 Å². The summed E-state index contributed by atoms with van der Waals surface area (Å²) in [5.41, 5.74) is 1.17. The molecule has 0 saturated carbocycles. The maximum Gasteiger partial charge on any atom is 0.270 e. The first-order chi connectivity index (χ1) is 13.9. The molecule has 1 aromatic heterocycles. The number of pyridine rings is 1. The first-order valence-corrected chi connectivity index (χ1v) is 11.3. The number of rotatable bonds is 8. The lowest BCUT2D eigenvalue weighted by molar-refractivity contribution is -0.122. The van der Waals surface area contributed by atoms with Crippen LogP contribution in [0, 0.1) is 18.3 Å². The maximum absolute atomic E-state index is 12.9. The van der Waals surface area contributed by atoms with Gasteiger partial charge in [0.15, 0.2) is 0 Å². The Balaban J connectivity index is 2.73. The van der Waals surface area contributed by atoms with E-state index in [-0.39, 0.29) is 17.0 Å². The Labute approximate surface area is 182 Å². The number of carbonyl (C=O) groups excluding carboxylic acids is 1. The topological polar surface area (TPSA) is 69.3 Å². The molecule has 2 heterocycles. The quantitative estimate of drug-likeness (QED) is 0.458. The zero-order valence-electron chi connectivity index (χ0n) is 17.7. The van der Waals surface area contributed by atoms with E-state index in [0.29, 0.717) is 41.0 Å². The predicted octanol–water partition coefficient (Wildman–Crippen LogP) is 3.90. The monoisotopic (exact) mass is 432 g/mol. The Bertz CT molecular complexity index is 939. The van der Waals surface area contributed by atoms with Gasteiger partial charge in [-0.25, -0.2) is 0 Å². The lowest BCUT2D eigenvalue weighted by Crippen LogP contribution is -2.34. The number of unbranched alkanes of at least 4 members (excludes halogenated alkanes) is 1. The van der Waals surface area contributed by atoms with E-state index in [1.54, 1.807) is 22.5 Å². The summed E-state index contributed by atoms with van der Waals surface area (Å²) in [6, 6.07) is 2.05. The number of thiocarbonyl (C=S) groups is 1. The van der Waals surface area contributed by atoms with Crippen molar-refractivity contribution < 1.29 is 4.79 Å². The molecule has 0 N–H and O–H groups in total. The number of anilines is 1. The molecule has 0 radical (unpaired) electrons. The van der Waals surface area contributed by atoms with Gasteiger partial charge < -0.3 is 4.90 Å². The van der Waals surface area contributed by atoms with Gasteiger partial charge >= 0.3 is 0 Å². The highest BCUT2D eigenvalue weighted by atomic mass is 32.2. The van der Waals surface area contributed by atoms with Crippen molar-refractivity contribution in [1.29, 1.82) is 5.26 Å². The second-order valence-electron chi connectivity index (χ2n) is 6.76. The van der Waals surface area contributed by atoms with E-state index < -0.39 is 0 Å². The molecule has 0 aliphatic carbocycles. The van der Waals surface area contributed by atoms with Crippen LogP contribution in [0.2, 0.25) is 0 Å². The minimum absolute atomic E-state index is 0.105. The second kappa shape index (κ2) is 10.1. The summed E-state index contributed by atoms with van der Waals surface area (Å²) >= 11 is 6.70. The average Bonchev–Trinajstić information content (AvgIpc) is 2.97. The van der Waals surface area contributed by atoms with Gasteiger partial charge in [-0.2, -0.15) is 5.26 Å². The molecule has 0 aromatic carbocycles. The molecule has 6 nitrogen and oxygen atoms in total. The van der Waals surface area contributed by atoms with Crippen LogP contribution in [-0.4, -0.2) is 39.3 Å². The molecule has 29 heavy (non-hydrogen) atoms. The lowest BCUT2D eigenvalue weighted by Gasteiger charge is -2.28. The summed E-state index contributed by atoms with van der Waals surface area (Å²) in [6.07, 6.45) is 3.68. The SMILES string of the molecule is CCCCN1C(=O)/C(=C/c2c(C)c(C#N)c(=O)n(CC)c2N(CC)CC)SC1=S. The van der Waals surface area contributed by atoms with Gasteiger partial charge in [-0.15, -0.1) is 0 Å². The average molecular weight is 433 g/mol. The van der Waals surface area contributed by atoms with Crippen LogP contribution >= 0.6 is 24.0 Å². The van der Waals surface area contributed by atoms with Gasteiger partial charge in [-0.05, 0) is 45.8 Å². The molecule has 8 heteroatoms. The highest BCUT2D eigenvalue weighted by Crippen LogP contribution is 2.35. The number of hydrogen-bond acceptors (Lipinski definition) is 6. The Kier molecular flexibility index (Phi) is 8.05. The molecule has 1 aromatic rings. The van der Waals surface area contributed by atoms with Crippen molar-refractivity contribution in [1.82, 2.24) is 9.47 Å². The number of nitriles is 1. The third-order valence-electron chi connectivity index (χ3n) is 5.11. The normalized spacial score (nSPS) is 15.3. The minimum atomic E-state index is -0.290. The van der Waals surface area contributed by atoms with Crippen molar-refractivity contribution in [2.24, 2.45) is 0 Å². The van der Waals surface area contributed by atoms with Crippen LogP contribution in [0.5, 0.6) is 0 Å². The van der Waals surface area contributed by atoms with E-state index in [1.807, 2.05) is 20.8 Å². The zero-order chi connectivity index (χ0) is 21.7. The molecule has 0 spiro atoms. The maximum atomic E-state index is 12.9. The summed E-state index contributed by atoms with van der Waals surface area (Å²) in [7, 11) is 0. The summed E-state index contributed by atoms with van der Waals surface area (Å²) in [4.78, 5) is 30.1. The van der Waals surface area contributed by atoms with E-state index in [9.17, 15) is 14.9 Å². The third-order valence-corrected chi connectivity index (χ3v) is 6.49. The predicted molar refractivity (Wildman–Crippen MR) is 124 cm³/mol. The molecule has 1 aliphatic heterocycles. The zero-order valence-corrected chi connectivity index (χ0v) is 19.4. The van der Waals surface area contributed by atoms with Gasteiger partial charge in [0.2, 0.25) is 0 Å². The van der Waals surface area contributed by atoms with Crippen molar-refractivity contribution >= 4 is 46.1 Å². The number of nitrogens with zero attached hydrogens (tertiary/aromatic N) is 4. The number of hydrogen-bond donors (Lipinski definition) is 0. The molecule has 1 amide bonds. The Morgan fingerprint density at radius 2 is 1.86 bits per heavy atom. The van der Waals surface area contributed by atoms with Crippen molar-refractivity contribution in [3.05, 3.63) is 31.9 Å². The molecule has 0 atom stereocenters. The van der Waals surface area contributed by atoms with Crippen LogP contribution in [0.1, 0.15) is 57.2 Å². The summed E-state index contributed by atoms with van der Waals surface area (Å²) < 4.78 is 2.18.